The van der Waals surface area contributed by atoms with Crippen LogP contribution in [0.4, 0.5) is 5.82 Å². The van der Waals surface area contributed by atoms with Crippen LogP contribution in [0.2, 0.25) is 0 Å². The zero-order valence-corrected chi connectivity index (χ0v) is 20.8. The lowest BCUT2D eigenvalue weighted by molar-refractivity contribution is -0.00626. The number of guanidine groups is 1. The average Bonchev–Trinajstić information content (AvgIpc) is 2.69. The largest absolute Gasteiger partial charge is 0.474 e. The predicted molar refractivity (Wildman–Crippen MR) is 129 cm³/mol. The van der Waals surface area contributed by atoms with Crippen LogP contribution in [-0.4, -0.2) is 41.6 Å². The van der Waals surface area contributed by atoms with Gasteiger partial charge in [0.25, 0.3) is 0 Å². The Morgan fingerprint density at radius 2 is 2.07 bits per heavy atom. The fourth-order valence-corrected chi connectivity index (χ4v) is 3.52. The molecule has 1 saturated heterocycles. The summed E-state index contributed by atoms with van der Waals surface area (Å²) in [6.45, 7) is 16.6. The third kappa shape index (κ3) is 7.35. The summed E-state index contributed by atoms with van der Waals surface area (Å²) in [6, 6.07) is 1.98. The van der Waals surface area contributed by atoms with E-state index in [9.17, 15) is 0 Å². The second kappa shape index (κ2) is 10.8. The molecule has 2 N–H and O–H groups in total. The maximum Gasteiger partial charge on any atom is 0.200 e. The van der Waals surface area contributed by atoms with E-state index in [-0.39, 0.29) is 5.60 Å². The molecule has 0 atom stereocenters. The van der Waals surface area contributed by atoms with E-state index in [1.165, 1.54) is 0 Å². The summed E-state index contributed by atoms with van der Waals surface area (Å²) in [5.74, 6) is 2.78. The van der Waals surface area contributed by atoms with Crippen molar-refractivity contribution in [3.63, 3.8) is 0 Å². The van der Waals surface area contributed by atoms with E-state index in [1.54, 1.807) is 13.2 Å². The molecule has 30 heavy (non-hydrogen) atoms. The van der Waals surface area contributed by atoms with E-state index in [1.807, 2.05) is 13.0 Å². The molecule has 0 radical (unpaired) electrons. The number of nitrogens with zero attached hydrogens (tertiary/aromatic N) is 3. The minimum Gasteiger partial charge on any atom is -0.474 e. The van der Waals surface area contributed by atoms with Crippen LogP contribution in [0.15, 0.2) is 46.0 Å². The van der Waals surface area contributed by atoms with Crippen molar-refractivity contribution < 1.29 is 4.74 Å². The number of ether oxygens (including phenoxy) is 1. The maximum atomic E-state index is 6.19. The molecule has 1 aliphatic rings. The number of halogens is 1. The van der Waals surface area contributed by atoms with E-state index in [0.29, 0.717) is 11.9 Å². The van der Waals surface area contributed by atoms with Gasteiger partial charge in [-0.3, -0.25) is 4.99 Å². The minimum absolute atomic E-state index is 0.194. The smallest absolute Gasteiger partial charge is 0.200 e. The molecule has 2 rings (SSSR count). The molecule has 0 saturated carbocycles. The Hall–Kier alpha value is -2.02. The number of allylic oxidation sites excluding steroid dienone is 2. The van der Waals surface area contributed by atoms with Crippen molar-refractivity contribution in [3.05, 3.63) is 46.5 Å². The van der Waals surface area contributed by atoms with Gasteiger partial charge in [-0.05, 0) is 80.6 Å². The summed E-state index contributed by atoms with van der Waals surface area (Å²) < 4.78 is 7.17. The van der Waals surface area contributed by atoms with Crippen molar-refractivity contribution in [2.24, 2.45) is 10.9 Å². The normalized spacial score (nSPS) is 16.4. The summed E-state index contributed by atoms with van der Waals surface area (Å²) in [7, 11) is 1.75. The van der Waals surface area contributed by atoms with Gasteiger partial charge in [0, 0.05) is 42.4 Å². The van der Waals surface area contributed by atoms with Gasteiger partial charge in [0.15, 0.2) is 5.88 Å². The molecular weight excluding hydrogens is 442 g/mol. The summed E-state index contributed by atoms with van der Waals surface area (Å²) in [5, 5.41) is 6.60. The first-order valence-corrected chi connectivity index (χ1v) is 11.4. The van der Waals surface area contributed by atoms with Crippen LogP contribution in [0.1, 0.15) is 52.5 Å². The van der Waals surface area contributed by atoms with Crippen LogP contribution >= 0.6 is 15.9 Å². The molecular formula is C23H36BrN5O. The van der Waals surface area contributed by atoms with Crippen molar-refractivity contribution in [2.75, 3.05) is 25.5 Å². The molecule has 0 aliphatic carbocycles. The molecule has 0 amide bonds. The van der Waals surface area contributed by atoms with Gasteiger partial charge in [-0.25, -0.2) is 4.98 Å². The third-order valence-electron chi connectivity index (χ3n) is 4.88. The SMILES string of the molecule is C=C(NC(=NC)Nc1cc(C)c(Br)cn1)C1CCN(C(=CCC)OC(C)(C)C)CC1. The van der Waals surface area contributed by atoms with Crippen LogP contribution in [-0.2, 0) is 4.74 Å². The zero-order valence-electron chi connectivity index (χ0n) is 19.2. The molecule has 0 bridgehead atoms. The first kappa shape index (κ1) is 24.3. The van der Waals surface area contributed by atoms with Gasteiger partial charge in [-0.15, -0.1) is 0 Å². The van der Waals surface area contributed by atoms with Gasteiger partial charge in [0.2, 0.25) is 5.96 Å². The highest BCUT2D eigenvalue weighted by Gasteiger charge is 2.26. The van der Waals surface area contributed by atoms with Crippen molar-refractivity contribution in [3.8, 4) is 0 Å². The molecule has 1 aromatic rings. The highest BCUT2D eigenvalue weighted by molar-refractivity contribution is 9.10. The van der Waals surface area contributed by atoms with Gasteiger partial charge in [0.1, 0.15) is 11.4 Å². The fraction of sp³-hybridized carbons (Fsp3) is 0.565. The van der Waals surface area contributed by atoms with E-state index >= 15 is 0 Å². The Labute approximate surface area is 190 Å². The predicted octanol–water partition coefficient (Wildman–Crippen LogP) is 5.43. The van der Waals surface area contributed by atoms with Gasteiger partial charge >= 0.3 is 0 Å². The topological polar surface area (TPSA) is 61.8 Å². The zero-order chi connectivity index (χ0) is 22.3. The Bertz CT molecular complexity index is 789. The first-order valence-electron chi connectivity index (χ1n) is 10.6. The molecule has 0 unspecified atom stereocenters. The number of piperidine rings is 1. The first-order chi connectivity index (χ1) is 14.1. The summed E-state index contributed by atoms with van der Waals surface area (Å²) >= 11 is 3.48. The van der Waals surface area contributed by atoms with E-state index in [2.05, 4.69) is 81.8 Å². The standard InChI is InChI=1S/C23H36BrN5O/c1-8-9-21(30-23(4,5)6)29-12-10-18(11-13-29)17(3)27-22(25-7)28-20-14-16(2)19(24)15-26-20/h9,14-15,18H,3,8,10-13H2,1-2,4-7H3,(H2,25,26,27,28). The number of aliphatic imine (C=N–C) groups is 1. The molecule has 1 aromatic heterocycles. The number of hydrogen-bond donors (Lipinski definition) is 2. The molecule has 6 nitrogen and oxygen atoms in total. The Balaban J connectivity index is 1.92. The number of likely N-dealkylation sites (tertiary alicyclic amines) is 1. The highest BCUT2D eigenvalue weighted by atomic mass is 79.9. The third-order valence-corrected chi connectivity index (χ3v) is 5.72. The molecule has 7 heteroatoms. The summed E-state index contributed by atoms with van der Waals surface area (Å²) in [5.41, 5.74) is 1.90. The lowest BCUT2D eigenvalue weighted by atomic mass is 9.94. The van der Waals surface area contributed by atoms with Crippen LogP contribution in [0.3, 0.4) is 0 Å². The Morgan fingerprint density at radius 1 is 1.40 bits per heavy atom. The van der Waals surface area contributed by atoms with Gasteiger partial charge in [-0.2, -0.15) is 0 Å². The van der Waals surface area contributed by atoms with Gasteiger partial charge in [-0.1, -0.05) is 13.5 Å². The number of aromatic nitrogens is 1. The quantitative estimate of drug-likeness (QED) is 0.324. The van der Waals surface area contributed by atoms with Crippen molar-refractivity contribution in [1.29, 1.82) is 0 Å². The lowest BCUT2D eigenvalue weighted by Gasteiger charge is -2.38. The molecule has 0 spiro atoms. The Kier molecular flexibility index (Phi) is 8.77. The number of aryl methyl sites for hydroxylation is 1. The summed E-state index contributed by atoms with van der Waals surface area (Å²) in [6.07, 6.45) is 6.97. The molecule has 1 fully saturated rings. The van der Waals surface area contributed by atoms with Crippen molar-refractivity contribution in [2.45, 2.75) is 59.5 Å². The van der Waals surface area contributed by atoms with Crippen LogP contribution in [0.25, 0.3) is 0 Å². The summed E-state index contributed by atoms with van der Waals surface area (Å²) in [4.78, 5) is 11.1. The number of pyridine rings is 1. The van der Waals surface area contributed by atoms with E-state index in [4.69, 9.17) is 4.74 Å². The maximum absolute atomic E-state index is 6.19. The fourth-order valence-electron chi connectivity index (χ4n) is 3.30. The van der Waals surface area contributed by atoms with Gasteiger partial charge < -0.3 is 20.3 Å². The van der Waals surface area contributed by atoms with Crippen LogP contribution < -0.4 is 10.6 Å². The van der Waals surface area contributed by atoms with Gasteiger partial charge in [0.05, 0.1) is 0 Å². The lowest BCUT2D eigenvalue weighted by Crippen LogP contribution is -2.40. The molecule has 166 valence electrons. The molecule has 1 aliphatic heterocycles. The average molecular weight is 478 g/mol. The minimum atomic E-state index is -0.194. The van der Waals surface area contributed by atoms with E-state index in [0.717, 1.165) is 59.8 Å². The second-order valence-corrected chi connectivity index (χ2v) is 9.45. The highest BCUT2D eigenvalue weighted by Crippen LogP contribution is 2.27. The molecule has 0 aromatic carbocycles. The monoisotopic (exact) mass is 477 g/mol. The van der Waals surface area contributed by atoms with Crippen LogP contribution in [0.5, 0.6) is 0 Å². The second-order valence-electron chi connectivity index (χ2n) is 8.59. The Morgan fingerprint density at radius 3 is 2.60 bits per heavy atom. The number of hydrogen-bond acceptors (Lipinski definition) is 4. The van der Waals surface area contributed by atoms with Crippen LogP contribution in [0, 0.1) is 12.8 Å². The number of anilines is 1. The molecule has 2 heterocycles. The van der Waals surface area contributed by atoms with Crippen molar-refractivity contribution >= 4 is 27.7 Å². The number of rotatable bonds is 6. The number of nitrogens with one attached hydrogen (secondary N) is 2. The van der Waals surface area contributed by atoms with E-state index < -0.39 is 0 Å². The van der Waals surface area contributed by atoms with Crippen molar-refractivity contribution in [1.82, 2.24) is 15.2 Å².